The Labute approximate surface area is 92.7 Å². The van der Waals surface area contributed by atoms with Crippen molar-refractivity contribution in [3.05, 3.63) is 22.8 Å². The first-order valence-electron chi connectivity index (χ1n) is 4.70. The van der Waals surface area contributed by atoms with Crippen LogP contribution >= 0.6 is 11.6 Å². The molecule has 1 fully saturated rings. The maximum Gasteiger partial charge on any atom is 0.148 e. The number of anilines is 1. The van der Waals surface area contributed by atoms with Crippen molar-refractivity contribution in [1.29, 1.82) is 5.26 Å². The topological polar surface area (TPSA) is 60.2 Å². The second-order valence-electron chi connectivity index (χ2n) is 3.50. The number of hydrogen-bond donors (Lipinski definition) is 1. The van der Waals surface area contributed by atoms with Gasteiger partial charge in [0.15, 0.2) is 0 Å². The SMILES string of the molecule is N#Cc1ccnc(N2CC[C@@H](O)C2)c1Cl. The zero-order valence-corrected chi connectivity index (χ0v) is 8.78. The number of pyridine rings is 1. The lowest BCUT2D eigenvalue weighted by atomic mass is 10.3. The standard InChI is InChI=1S/C10H10ClN3O/c11-9-7(5-12)1-3-13-10(9)14-4-2-8(15)6-14/h1,3,8,15H,2,4,6H2/t8-/m1/s1. The fraction of sp³-hybridized carbons (Fsp3) is 0.400. The van der Waals surface area contributed by atoms with E-state index >= 15 is 0 Å². The number of hydrogen-bond acceptors (Lipinski definition) is 4. The number of halogens is 1. The van der Waals surface area contributed by atoms with E-state index in [1.807, 2.05) is 11.0 Å². The van der Waals surface area contributed by atoms with Gasteiger partial charge in [0.05, 0.1) is 11.7 Å². The maximum atomic E-state index is 9.40. The van der Waals surface area contributed by atoms with Gasteiger partial charge in [0.2, 0.25) is 0 Å². The molecule has 1 aliphatic rings. The largest absolute Gasteiger partial charge is 0.391 e. The molecule has 78 valence electrons. The van der Waals surface area contributed by atoms with Crippen LogP contribution in [0.3, 0.4) is 0 Å². The highest BCUT2D eigenvalue weighted by Gasteiger charge is 2.23. The van der Waals surface area contributed by atoms with Crippen LogP contribution in [-0.4, -0.2) is 29.3 Å². The van der Waals surface area contributed by atoms with Crippen molar-refractivity contribution in [3.63, 3.8) is 0 Å². The third-order valence-corrected chi connectivity index (χ3v) is 2.83. The third kappa shape index (κ3) is 1.89. The number of nitriles is 1. The monoisotopic (exact) mass is 223 g/mol. The summed E-state index contributed by atoms with van der Waals surface area (Å²) in [6.45, 7) is 1.25. The maximum absolute atomic E-state index is 9.40. The molecule has 1 saturated heterocycles. The van der Waals surface area contributed by atoms with Crippen molar-refractivity contribution >= 4 is 17.4 Å². The van der Waals surface area contributed by atoms with Crippen LogP contribution in [0.4, 0.5) is 5.82 Å². The van der Waals surface area contributed by atoms with Gasteiger partial charge in [0.25, 0.3) is 0 Å². The highest BCUT2D eigenvalue weighted by molar-refractivity contribution is 6.34. The highest BCUT2D eigenvalue weighted by Crippen LogP contribution is 2.28. The molecule has 1 atom stereocenters. The summed E-state index contributed by atoms with van der Waals surface area (Å²) in [4.78, 5) is 6.03. The van der Waals surface area contributed by atoms with Crippen LogP contribution in [0.1, 0.15) is 12.0 Å². The van der Waals surface area contributed by atoms with Crippen molar-refractivity contribution in [2.45, 2.75) is 12.5 Å². The zero-order valence-electron chi connectivity index (χ0n) is 8.02. The van der Waals surface area contributed by atoms with E-state index in [0.29, 0.717) is 22.9 Å². The van der Waals surface area contributed by atoms with Gasteiger partial charge in [0.1, 0.15) is 16.9 Å². The summed E-state index contributed by atoms with van der Waals surface area (Å²) in [5.41, 5.74) is 0.419. The van der Waals surface area contributed by atoms with Gasteiger partial charge >= 0.3 is 0 Å². The van der Waals surface area contributed by atoms with Crippen LogP contribution < -0.4 is 4.90 Å². The van der Waals surface area contributed by atoms with Gasteiger partial charge in [0, 0.05) is 19.3 Å². The predicted molar refractivity (Wildman–Crippen MR) is 56.8 cm³/mol. The van der Waals surface area contributed by atoms with Gasteiger partial charge < -0.3 is 10.0 Å². The first kappa shape index (κ1) is 10.2. The molecule has 0 aromatic carbocycles. The van der Waals surface area contributed by atoms with Crippen molar-refractivity contribution in [2.24, 2.45) is 0 Å². The average Bonchev–Trinajstić information content (AvgIpc) is 2.65. The summed E-state index contributed by atoms with van der Waals surface area (Å²) in [6.07, 6.45) is 1.95. The fourth-order valence-corrected chi connectivity index (χ4v) is 1.95. The molecule has 0 radical (unpaired) electrons. The zero-order chi connectivity index (χ0) is 10.8. The Kier molecular flexibility index (Phi) is 2.76. The molecule has 5 heteroatoms. The minimum absolute atomic E-state index is 0.325. The summed E-state index contributed by atoms with van der Waals surface area (Å²) in [6, 6.07) is 3.59. The Morgan fingerprint density at radius 1 is 1.67 bits per heavy atom. The van der Waals surface area contributed by atoms with Gasteiger partial charge in [-0.1, -0.05) is 11.6 Å². The molecule has 0 spiro atoms. The molecule has 1 aliphatic heterocycles. The Hall–Kier alpha value is -1.31. The lowest BCUT2D eigenvalue weighted by Crippen LogP contribution is -2.22. The van der Waals surface area contributed by atoms with E-state index in [4.69, 9.17) is 16.9 Å². The van der Waals surface area contributed by atoms with E-state index in [1.54, 1.807) is 12.3 Å². The minimum Gasteiger partial charge on any atom is -0.391 e. The molecule has 1 aromatic heterocycles. The molecule has 0 unspecified atom stereocenters. The molecule has 2 rings (SSSR count). The second-order valence-corrected chi connectivity index (χ2v) is 3.87. The Morgan fingerprint density at radius 3 is 3.07 bits per heavy atom. The van der Waals surface area contributed by atoms with E-state index in [0.717, 1.165) is 13.0 Å². The fourth-order valence-electron chi connectivity index (χ4n) is 1.67. The van der Waals surface area contributed by atoms with Gasteiger partial charge in [-0.3, -0.25) is 0 Å². The molecule has 2 heterocycles. The normalized spacial score (nSPS) is 20.3. The molecule has 4 nitrogen and oxygen atoms in total. The van der Waals surface area contributed by atoms with Gasteiger partial charge in [-0.2, -0.15) is 5.26 Å². The Morgan fingerprint density at radius 2 is 2.47 bits per heavy atom. The molecule has 1 N–H and O–H groups in total. The number of aliphatic hydroxyl groups excluding tert-OH is 1. The first-order valence-corrected chi connectivity index (χ1v) is 5.08. The van der Waals surface area contributed by atoms with E-state index in [2.05, 4.69) is 4.98 Å². The van der Waals surface area contributed by atoms with E-state index in [1.165, 1.54) is 0 Å². The molecule has 0 bridgehead atoms. The van der Waals surface area contributed by atoms with Crippen molar-refractivity contribution in [1.82, 2.24) is 4.98 Å². The molecule has 0 saturated carbocycles. The van der Waals surface area contributed by atoms with Crippen LogP contribution in [0.25, 0.3) is 0 Å². The summed E-state index contributed by atoms with van der Waals surface area (Å²) in [5.74, 6) is 0.590. The third-order valence-electron chi connectivity index (χ3n) is 2.45. The molecule has 1 aromatic rings. The van der Waals surface area contributed by atoms with Gasteiger partial charge in [-0.05, 0) is 12.5 Å². The molecule has 0 amide bonds. The van der Waals surface area contributed by atoms with E-state index in [-0.39, 0.29) is 6.10 Å². The first-order chi connectivity index (χ1) is 7.22. The smallest absolute Gasteiger partial charge is 0.148 e. The lowest BCUT2D eigenvalue weighted by Gasteiger charge is -2.17. The van der Waals surface area contributed by atoms with Crippen LogP contribution in [0.2, 0.25) is 5.02 Å². The molecular formula is C10H10ClN3O. The molecular weight excluding hydrogens is 214 g/mol. The Bertz CT molecular complexity index is 416. The van der Waals surface area contributed by atoms with Gasteiger partial charge in [-0.15, -0.1) is 0 Å². The van der Waals surface area contributed by atoms with Crippen molar-refractivity contribution in [2.75, 3.05) is 18.0 Å². The van der Waals surface area contributed by atoms with Gasteiger partial charge in [-0.25, -0.2) is 4.98 Å². The number of aliphatic hydroxyl groups is 1. The molecule has 0 aliphatic carbocycles. The number of aromatic nitrogens is 1. The Balaban J connectivity index is 2.33. The van der Waals surface area contributed by atoms with Crippen molar-refractivity contribution < 1.29 is 5.11 Å². The molecule has 15 heavy (non-hydrogen) atoms. The number of rotatable bonds is 1. The predicted octanol–water partition coefficient (Wildman–Crippen LogP) is 1.18. The van der Waals surface area contributed by atoms with Crippen molar-refractivity contribution in [3.8, 4) is 6.07 Å². The second kappa shape index (κ2) is 4.05. The summed E-state index contributed by atoms with van der Waals surface area (Å²) in [7, 11) is 0. The number of nitrogens with zero attached hydrogens (tertiary/aromatic N) is 3. The number of β-amino-alcohol motifs (C(OH)–C–C–N with tert-alkyl or cyclic N) is 1. The van der Waals surface area contributed by atoms with E-state index < -0.39 is 0 Å². The quantitative estimate of drug-likeness (QED) is 0.777. The average molecular weight is 224 g/mol. The van der Waals surface area contributed by atoms with Crippen LogP contribution in [0.15, 0.2) is 12.3 Å². The summed E-state index contributed by atoms with van der Waals surface area (Å²) in [5, 5.41) is 18.6. The van der Waals surface area contributed by atoms with E-state index in [9.17, 15) is 5.11 Å². The lowest BCUT2D eigenvalue weighted by molar-refractivity contribution is 0.198. The van der Waals surface area contributed by atoms with Crippen LogP contribution in [0, 0.1) is 11.3 Å². The summed E-state index contributed by atoms with van der Waals surface area (Å²) >= 11 is 6.03. The van der Waals surface area contributed by atoms with Crippen LogP contribution in [-0.2, 0) is 0 Å². The minimum atomic E-state index is -0.325. The highest BCUT2D eigenvalue weighted by atomic mass is 35.5. The summed E-state index contributed by atoms with van der Waals surface area (Å²) < 4.78 is 0. The van der Waals surface area contributed by atoms with Crippen LogP contribution in [0.5, 0.6) is 0 Å².